The normalized spacial score (nSPS) is 26.2. The number of likely N-dealkylation sites (tertiary alicyclic amines) is 1. The van der Waals surface area contributed by atoms with E-state index in [0.717, 1.165) is 5.56 Å². The number of amides is 1. The van der Waals surface area contributed by atoms with Gasteiger partial charge in [0.05, 0.1) is 12.0 Å². The van der Waals surface area contributed by atoms with E-state index in [9.17, 15) is 9.59 Å². The van der Waals surface area contributed by atoms with Crippen LogP contribution in [0, 0.1) is 6.92 Å². The van der Waals surface area contributed by atoms with Gasteiger partial charge in [0.25, 0.3) is 0 Å². The number of Topliss-reactive ketones (excluding diaryl/α,β-unsaturated/α-hetero) is 1. The molecule has 0 saturated carbocycles. The van der Waals surface area contributed by atoms with Crippen molar-refractivity contribution in [3.05, 3.63) is 29.3 Å². The van der Waals surface area contributed by atoms with Gasteiger partial charge in [0, 0.05) is 25.4 Å². The number of ether oxygens (including phenoxy) is 2. The van der Waals surface area contributed by atoms with Gasteiger partial charge in [-0.05, 0) is 52.3 Å². The van der Waals surface area contributed by atoms with Crippen LogP contribution in [0.25, 0.3) is 0 Å². The summed E-state index contributed by atoms with van der Waals surface area (Å²) in [4.78, 5) is 26.7. The molecule has 1 unspecified atom stereocenters. The second-order valence-electron chi connectivity index (χ2n) is 8.36. The maximum Gasteiger partial charge on any atom is 0.410 e. The Kier molecular flexibility index (Phi) is 4.30. The van der Waals surface area contributed by atoms with Gasteiger partial charge in [-0.1, -0.05) is 6.07 Å². The molecule has 1 spiro atoms. The van der Waals surface area contributed by atoms with Crippen molar-refractivity contribution in [3.63, 3.8) is 0 Å². The molecule has 2 aliphatic heterocycles. The number of hydrogen-bond donors (Lipinski definition) is 0. The molecule has 5 nitrogen and oxygen atoms in total. The van der Waals surface area contributed by atoms with Gasteiger partial charge in [0.15, 0.2) is 5.78 Å². The number of nitrogens with zero attached hydrogens (tertiary/aromatic N) is 1. The highest BCUT2D eigenvalue weighted by atomic mass is 16.6. The third-order valence-electron chi connectivity index (χ3n) is 4.88. The summed E-state index contributed by atoms with van der Waals surface area (Å²) in [5, 5.41) is 0. The van der Waals surface area contributed by atoms with Gasteiger partial charge in [-0.3, -0.25) is 4.79 Å². The predicted octanol–water partition coefficient (Wildman–Crippen LogP) is 4.12. The van der Waals surface area contributed by atoms with Gasteiger partial charge in [-0.2, -0.15) is 0 Å². The molecule has 1 aromatic carbocycles. The average molecular weight is 345 g/mol. The first kappa shape index (κ1) is 17.8. The first-order valence-corrected chi connectivity index (χ1v) is 8.91. The molecule has 25 heavy (non-hydrogen) atoms. The van der Waals surface area contributed by atoms with Crippen molar-refractivity contribution in [3.8, 4) is 5.75 Å². The Morgan fingerprint density at radius 2 is 2.08 bits per heavy atom. The molecule has 0 bridgehead atoms. The summed E-state index contributed by atoms with van der Waals surface area (Å²) in [7, 11) is 0. The zero-order chi connectivity index (χ0) is 18.4. The number of aryl methyl sites for hydroxylation is 1. The third-order valence-corrected chi connectivity index (χ3v) is 4.88. The van der Waals surface area contributed by atoms with E-state index in [0.29, 0.717) is 37.1 Å². The first-order valence-electron chi connectivity index (χ1n) is 8.91. The zero-order valence-electron chi connectivity index (χ0n) is 15.7. The van der Waals surface area contributed by atoms with E-state index in [1.54, 1.807) is 4.90 Å². The summed E-state index contributed by atoms with van der Waals surface area (Å²) >= 11 is 0. The fourth-order valence-corrected chi connectivity index (χ4v) is 3.74. The quantitative estimate of drug-likeness (QED) is 0.710. The van der Waals surface area contributed by atoms with Crippen LogP contribution in [0.2, 0.25) is 0 Å². The minimum atomic E-state index is -0.518. The highest BCUT2D eigenvalue weighted by Crippen LogP contribution is 2.41. The Labute approximate surface area is 149 Å². The monoisotopic (exact) mass is 345 g/mol. The Bertz CT molecular complexity index is 706. The lowest BCUT2D eigenvalue weighted by Crippen LogP contribution is -2.56. The van der Waals surface area contributed by atoms with Crippen molar-refractivity contribution in [1.29, 1.82) is 0 Å². The SMILES string of the molecule is Cc1ccc2c(c1)OC1(CCN(C(=O)OC(C)(C)C)[C@@H](C)C1)CC2=O. The summed E-state index contributed by atoms with van der Waals surface area (Å²) in [6, 6.07) is 5.67. The molecule has 1 fully saturated rings. The maximum absolute atomic E-state index is 12.6. The Morgan fingerprint density at radius 3 is 2.72 bits per heavy atom. The second-order valence-corrected chi connectivity index (χ2v) is 8.36. The van der Waals surface area contributed by atoms with Crippen LogP contribution in [-0.4, -0.2) is 40.6 Å². The molecule has 0 aliphatic carbocycles. The van der Waals surface area contributed by atoms with Crippen molar-refractivity contribution in [2.75, 3.05) is 6.54 Å². The Balaban J connectivity index is 1.76. The fraction of sp³-hybridized carbons (Fsp3) is 0.600. The van der Waals surface area contributed by atoms with Crippen molar-refractivity contribution < 1.29 is 19.1 Å². The number of hydrogen-bond acceptors (Lipinski definition) is 4. The van der Waals surface area contributed by atoms with Crippen LogP contribution in [0.5, 0.6) is 5.75 Å². The van der Waals surface area contributed by atoms with Gasteiger partial charge in [0.1, 0.15) is 17.0 Å². The van der Waals surface area contributed by atoms with Crippen LogP contribution < -0.4 is 4.74 Å². The van der Waals surface area contributed by atoms with Crippen LogP contribution in [0.15, 0.2) is 18.2 Å². The number of ketones is 1. The summed E-state index contributed by atoms with van der Waals surface area (Å²) in [6.07, 6.45) is 1.34. The highest BCUT2D eigenvalue weighted by Gasteiger charge is 2.46. The van der Waals surface area contributed by atoms with E-state index in [-0.39, 0.29) is 17.9 Å². The summed E-state index contributed by atoms with van der Waals surface area (Å²) in [6.45, 7) is 10.1. The molecule has 0 radical (unpaired) electrons. The number of benzene rings is 1. The Hall–Kier alpha value is -2.04. The first-order chi connectivity index (χ1) is 11.6. The Morgan fingerprint density at radius 1 is 1.36 bits per heavy atom. The molecule has 2 atom stereocenters. The van der Waals surface area contributed by atoms with E-state index in [1.807, 2.05) is 52.8 Å². The molecule has 0 N–H and O–H groups in total. The standard InChI is InChI=1S/C20H27NO4/c1-13-6-7-15-16(22)12-20(24-17(15)10-13)8-9-21(14(2)11-20)18(23)25-19(3,4)5/h6-7,10,14H,8-9,11-12H2,1-5H3/t14-,20?/m0/s1. The molecule has 3 rings (SSSR count). The van der Waals surface area contributed by atoms with Gasteiger partial charge in [-0.25, -0.2) is 4.79 Å². The van der Waals surface area contributed by atoms with Gasteiger partial charge >= 0.3 is 6.09 Å². The largest absolute Gasteiger partial charge is 0.486 e. The molecular formula is C20H27NO4. The minimum Gasteiger partial charge on any atom is -0.486 e. The van der Waals surface area contributed by atoms with Gasteiger partial charge < -0.3 is 14.4 Å². The van der Waals surface area contributed by atoms with E-state index in [1.165, 1.54) is 0 Å². The van der Waals surface area contributed by atoms with E-state index >= 15 is 0 Å². The van der Waals surface area contributed by atoms with Crippen LogP contribution >= 0.6 is 0 Å². The third kappa shape index (κ3) is 3.65. The van der Waals surface area contributed by atoms with Crippen molar-refractivity contribution in [2.45, 2.75) is 71.1 Å². The number of piperidine rings is 1. The summed E-state index contributed by atoms with van der Waals surface area (Å²) in [5.74, 6) is 0.799. The predicted molar refractivity (Wildman–Crippen MR) is 95.1 cm³/mol. The van der Waals surface area contributed by atoms with E-state index in [4.69, 9.17) is 9.47 Å². The van der Waals surface area contributed by atoms with Gasteiger partial charge in [-0.15, -0.1) is 0 Å². The average Bonchev–Trinajstić information content (AvgIpc) is 2.44. The molecule has 2 heterocycles. The lowest BCUT2D eigenvalue weighted by Gasteiger charge is -2.47. The van der Waals surface area contributed by atoms with Crippen LogP contribution in [0.1, 0.15) is 62.9 Å². The van der Waals surface area contributed by atoms with E-state index < -0.39 is 11.2 Å². The number of fused-ring (bicyclic) bond motifs is 1. The molecule has 1 aromatic rings. The molecule has 5 heteroatoms. The molecule has 136 valence electrons. The fourth-order valence-electron chi connectivity index (χ4n) is 3.74. The number of carbonyl (C=O) groups excluding carboxylic acids is 2. The topological polar surface area (TPSA) is 55.8 Å². The van der Waals surface area contributed by atoms with Crippen LogP contribution in [-0.2, 0) is 4.74 Å². The van der Waals surface area contributed by atoms with E-state index in [2.05, 4.69) is 0 Å². The summed E-state index contributed by atoms with van der Waals surface area (Å²) in [5.41, 5.74) is 0.705. The van der Waals surface area contributed by atoms with Crippen molar-refractivity contribution >= 4 is 11.9 Å². The van der Waals surface area contributed by atoms with Crippen molar-refractivity contribution in [1.82, 2.24) is 4.90 Å². The number of rotatable bonds is 0. The maximum atomic E-state index is 12.6. The minimum absolute atomic E-state index is 0.0391. The van der Waals surface area contributed by atoms with Crippen LogP contribution in [0.3, 0.4) is 0 Å². The lowest BCUT2D eigenvalue weighted by molar-refractivity contribution is -0.0406. The second kappa shape index (κ2) is 6.04. The van der Waals surface area contributed by atoms with Gasteiger partial charge in [0.2, 0.25) is 0 Å². The zero-order valence-corrected chi connectivity index (χ0v) is 15.7. The number of carbonyl (C=O) groups is 2. The molecule has 1 saturated heterocycles. The highest BCUT2D eigenvalue weighted by molar-refractivity contribution is 6.00. The van der Waals surface area contributed by atoms with Crippen LogP contribution in [0.4, 0.5) is 4.79 Å². The molecular weight excluding hydrogens is 318 g/mol. The lowest BCUT2D eigenvalue weighted by atomic mass is 9.79. The molecule has 1 amide bonds. The summed E-state index contributed by atoms with van der Waals surface area (Å²) < 4.78 is 11.8. The molecule has 0 aromatic heterocycles. The smallest absolute Gasteiger partial charge is 0.410 e. The molecule has 2 aliphatic rings. The van der Waals surface area contributed by atoms with Crippen molar-refractivity contribution in [2.24, 2.45) is 0 Å².